The van der Waals surface area contributed by atoms with Gasteiger partial charge in [-0.1, -0.05) is 0 Å². The molecule has 0 fully saturated rings. The van der Waals surface area contributed by atoms with E-state index in [1.165, 1.54) is 0 Å². The van der Waals surface area contributed by atoms with Crippen molar-refractivity contribution >= 4 is 10.2 Å². The Hall–Kier alpha value is -0.210. The van der Waals surface area contributed by atoms with Crippen LogP contribution in [-0.2, 0) is 10.2 Å². The molecule has 0 amide bonds. The molecule has 0 spiro atoms. The van der Waals surface area contributed by atoms with Crippen molar-refractivity contribution in [1.29, 1.82) is 0 Å². The Labute approximate surface area is 42.2 Å². The van der Waals surface area contributed by atoms with Crippen LogP contribution in [0.4, 0.5) is 0 Å². The largest absolute Gasteiger partial charge is 0.344 e. The second-order valence-corrected chi connectivity index (χ2v) is 1.77. The predicted molar refractivity (Wildman–Crippen MR) is 27.3 cm³/mol. The summed E-state index contributed by atoms with van der Waals surface area (Å²) in [5, 5.41) is 8.21. The van der Waals surface area contributed by atoms with Crippen LogP contribution in [0.3, 0.4) is 0 Å². The zero-order valence-corrected chi connectivity index (χ0v) is 4.61. The van der Waals surface area contributed by atoms with Crippen LogP contribution in [0.15, 0.2) is 0 Å². The summed E-state index contributed by atoms with van der Waals surface area (Å²) in [6.45, 7) is 0. The topological polar surface area (TPSA) is 156 Å². The van der Waals surface area contributed by atoms with E-state index >= 15 is 0 Å². The second kappa shape index (κ2) is 3.96. The highest BCUT2D eigenvalue weighted by molar-refractivity contribution is 7.86. The Morgan fingerprint density at radius 1 is 1.00 bits per heavy atom. The van der Waals surface area contributed by atoms with Crippen LogP contribution in [0.1, 0.15) is 0 Å². The van der Waals surface area contributed by atoms with Crippen LogP contribution >= 0.6 is 0 Å². The third-order valence-corrected chi connectivity index (χ3v) is 0. The smallest absolute Gasteiger partial charge is 0.271 e. The van der Waals surface area contributed by atoms with Crippen molar-refractivity contribution in [2.24, 2.45) is 10.3 Å². The molecule has 0 saturated heterocycles. The lowest BCUT2D eigenvalue weighted by molar-refractivity contribution is 0.599. The minimum atomic E-state index is -3.67. The number of nitrogens with two attached hydrogens (primary N) is 2. The average molecular weight is 130 g/mol. The summed E-state index contributed by atoms with van der Waals surface area (Å²) in [4.78, 5) is 0. The van der Waals surface area contributed by atoms with Gasteiger partial charge in [0.1, 0.15) is 0 Å². The lowest BCUT2D eigenvalue weighted by Gasteiger charge is -1.72. The molecule has 0 aliphatic rings. The molecular formula is H10N4O2S. The van der Waals surface area contributed by atoms with Gasteiger partial charge in [-0.2, -0.15) is 8.42 Å². The molecule has 0 aliphatic carbocycles. The zero-order chi connectivity index (χ0) is 4.50. The Balaban J connectivity index is -0.0000000800. The summed E-state index contributed by atoms with van der Waals surface area (Å²) >= 11 is 0. The first-order valence-corrected chi connectivity index (χ1v) is 2.41. The monoisotopic (exact) mass is 130 g/mol. The molecular weight excluding hydrogens is 120 g/mol. The lowest BCUT2D eigenvalue weighted by atomic mass is 13.9. The van der Waals surface area contributed by atoms with Crippen molar-refractivity contribution in [2.75, 3.05) is 0 Å². The molecule has 48 valence electrons. The Bertz CT molecular complexity index is 92.9. The maximum Gasteiger partial charge on any atom is 0.271 e. The van der Waals surface area contributed by atoms with Crippen LogP contribution in [0, 0.1) is 0 Å². The first-order chi connectivity index (χ1) is 2.00. The van der Waals surface area contributed by atoms with E-state index in [9.17, 15) is 8.42 Å². The summed E-state index contributed by atoms with van der Waals surface area (Å²) in [5.74, 6) is 0. The first kappa shape index (κ1) is 15.8. The number of hydrogen-bond acceptors (Lipinski definition) is 4. The molecule has 10 N–H and O–H groups in total. The van der Waals surface area contributed by atoms with Crippen LogP contribution in [0.25, 0.3) is 0 Å². The van der Waals surface area contributed by atoms with Gasteiger partial charge in [0.25, 0.3) is 10.2 Å². The van der Waals surface area contributed by atoms with Gasteiger partial charge in [-0.3, -0.25) is 0 Å². The van der Waals surface area contributed by atoms with E-state index in [2.05, 4.69) is 10.3 Å². The van der Waals surface area contributed by atoms with Gasteiger partial charge in [0, 0.05) is 0 Å². The van der Waals surface area contributed by atoms with Gasteiger partial charge in [-0.25, -0.2) is 10.3 Å². The number of hydrogen-bond donors (Lipinski definition) is 4. The third-order valence-electron chi connectivity index (χ3n) is 0. The maximum atomic E-state index is 9.19. The van der Waals surface area contributed by atoms with Gasteiger partial charge in [0.15, 0.2) is 0 Å². The molecule has 0 unspecified atom stereocenters. The normalized spacial score (nSPS) is 8.29. The zero-order valence-electron chi connectivity index (χ0n) is 3.79. The molecule has 0 atom stereocenters. The fourth-order valence-corrected chi connectivity index (χ4v) is 0. The van der Waals surface area contributed by atoms with Crippen molar-refractivity contribution in [3.63, 3.8) is 0 Å². The molecule has 0 aromatic heterocycles. The maximum absolute atomic E-state index is 9.19. The van der Waals surface area contributed by atoms with Crippen molar-refractivity contribution in [1.82, 2.24) is 12.3 Å². The SMILES string of the molecule is N.N.NS(N)(=O)=O. The van der Waals surface area contributed by atoms with Crippen LogP contribution in [-0.4, -0.2) is 8.42 Å². The first-order valence-electron chi connectivity index (χ1n) is 0.805. The lowest BCUT2D eigenvalue weighted by Crippen LogP contribution is -2.21. The molecule has 0 aromatic rings. The second-order valence-electron chi connectivity index (χ2n) is 0.589. The fourth-order valence-electron chi connectivity index (χ4n) is 0. The molecule has 0 rings (SSSR count). The predicted octanol–water partition coefficient (Wildman–Crippen LogP) is -1.53. The van der Waals surface area contributed by atoms with E-state index in [0.29, 0.717) is 0 Å². The molecule has 0 bridgehead atoms. The Kier molecular flexibility index (Phi) is 8.97. The van der Waals surface area contributed by atoms with Crippen molar-refractivity contribution in [3.8, 4) is 0 Å². The van der Waals surface area contributed by atoms with E-state index in [4.69, 9.17) is 0 Å². The minimum absolute atomic E-state index is 0. The highest BCUT2D eigenvalue weighted by atomic mass is 32.2. The van der Waals surface area contributed by atoms with Crippen LogP contribution in [0.5, 0.6) is 0 Å². The van der Waals surface area contributed by atoms with Gasteiger partial charge in [0.05, 0.1) is 0 Å². The summed E-state index contributed by atoms with van der Waals surface area (Å²) < 4.78 is 18.4. The van der Waals surface area contributed by atoms with Crippen molar-refractivity contribution < 1.29 is 8.42 Å². The van der Waals surface area contributed by atoms with E-state index in [0.717, 1.165) is 0 Å². The molecule has 0 aromatic carbocycles. The molecule has 0 aliphatic heterocycles. The van der Waals surface area contributed by atoms with Gasteiger partial charge in [0.2, 0.25) is 0 Å². The summed E-state index contributed by atoms with van der Waals surface area (Å²) in [7, 11) is -3.67. The van der Waals surface area contributed by atoms with Gasteiger partial charge >= 0.3 is 0 Å². The molecule has 7 heteroatoms. The van der Waals surface area contributed by atoms with Crippen LogP contribution in [0.2, 0.25) is 0 Å². The van der Waals surface area contributed by atoms with Crippen molar-refractivity contribution in [3.05, 3.63) is 0 Å². The Morgan fingerprint density at radius 2 is 1.00 bits per heavy atom. The van der Waals surface area contributed by atoms with Crippen molar-refractivity contribution in [2.45, 2.75) is 0 Å². The summed E-state index contributed by atoms with van der Waals surface area (Å²) in [5.41, 5.74) is 0. The van der Waals surface area contributed by atoms with E-state index in [1.54, 1.807) is 0 Å². The summed E-state index contributed by atoms with van der Waals surface area (Å²) in [6, 6.07) is 0. The molecule has 6 nitrogen and oxygen atoms in total. The highest BCUT2D eigenvalue weighted by Crippen LogP contribution is 1.40. The van der Waals surface area contributed by atoms with E-state index in [1.807, 2.05) is 0 Å². The molecule has 0 saturated carbocycles. The van der Waals surface area contributed by atoms with Crippen LogP contribution < -0.4 is 22.6 Å². The molecule has 7 heavy (non-hydrogen) atoms. The molecule has 0 heterocycles. The quantitative estimate of drug-likeness (QED) is 0.313. The Morgan fingerprint density at radius 3 is 1.00 bits per heavy atom. The molecule has 0 radical (unpaired) electrons. The van der Waals surface area contributed by atoms with Gasteiger partial charge in [-0.15, -0.1) is 0 Å². The highest BCUT2D eigenvalue weighted by Gasteiger charge is 1.78. The number of rotatable bonds is 0. The fraction of sp³-hybridized carbons (Fsp3) is 0. The van der Waals surface area contributed by atoms with E-state index in [-0.39, 0.29) is 12.3 Å². The summed E-state index contributed by atoms with van der Waals surface area (Å²) in [6.07, 6.45) is 0. The van der Waals surface area contributed by atoms with Gasteiger partial charge < -0.3 is 12.3 Å². The standard InChI is InChI=1S/H4N2O2S.2H3N/c1-5(2,3)4;;/h(H4,1,2,3,4);2*1H3. The minimum Gasteiger partial charge on any atom is -0.344 e. The van der Waals surface area contributed by atoms with E-state index < -0.39 is 10.2 Å². The average Bonchev–Trinajstić information content (AvgIpc) is 0.722. The third kappa shape index (κ3) is 1890. The van der Waals surface area contributed by atoms with Gasteiger partial charge in [-0.05, 0) is 0 Å².